The van der Waals surface area contributed by atoms with Crippen LogP contribution in [0, 0.1) is 5.82 Å². The molecule has 0 radical (unpaired) electrons. The third-order valence-electron chi connectivity index (χ3n) is 2.58. The van der Waals surface area contributed by atoms with Gasteiger partial charge in [-0.05, 0) is 32.0 Å². The van der Waals surface area contributed by atoms with Gasteiger partial charge in [0.05, 0.1) is 5.54 Å². The van der Waals surface area contributed by atoms with E-state index in [1.165, 1.54) is 23.5 Å². The van der Waals surface area contributed by atoms with Crippen molar-refractivity contribution in [2.75, 3.05) is 5.73 Å². The highest BCUT2D eigenvalue weighted by atomic mass is 32.1. The molecule has 6 heteroatoms. The van der Waals surface area contributed by atoms with Gasteiger partial charge in [0.2, 0.25) is 0 Å². The van der Waals surface area contributed by atoms with E-state index < -0.39 is 11.4 Å². The molecule has 0 aliphatic heterocycles. The van der Waals surface area contributed by atoms with Gasteiger partial charge in [-0.25, -0.2) is 9.37 Å². The van der Waals surface area contributed by atoms with Gasteiger partial charge in [-0.15, -0.1) is 11.3 Å². The number of nitrogen functional groups attached to an aromatic ring is 1. The molecular formula is C13H14FN3OS. The lowest BCUT2D eigenvalue weighted by Crippen LogP contribution is -2.41. The second kappa shape index (κ2) is 4.97. The Balaban J connectivity index is 2.21. The first-order chi connectivity index (χ1) is 8.88. The van der Waals surface area contributed by atoms with Gasteiger partial charge in [-0.1, -0.05) is 0 Å². The first-order valence-electron chi connectivity index (χ1n) is 5.67. The third-order valence-corrected chi connectivity index (χ3v) is 3.67. The van der Waals surface area contributed by atoms with E-state index in [0.717, 1.165) is 11.1 Å². The normalized spacial score (nSPS) is 11.3. The van der Waals surface area contributed by atoms with Crippen LogP contribution in [0.15, 0.2) is 29.8 Å². The van der Waals surface area contributed by atoms with Crippen molar-refractivity contribution in [3.63, 3.8) is 0 Å². The largest absolute Gasteiger partial charge is 0.399 e. The van der Waals surface area contributed by atoms with Crippen LogP contribution in [0.4, 0.5) is 10.1 Å². The third kappa shape index (κ3) is 3.08. The summed E-state index contributed by atoms with van der Waals surface area (Å²) in [6.07, 6.45) is 1.67. The van der Waals surface area contributed by atoms with Gasteiger partial charge < -0.3 is 11.1 Å². The number of hydrogen-bond donors (Lipinski definition) is 2. The second-order valence-electron chi connectivity index (χ2n) is 4.69. The number of amides is 1. The van der Waals surface area contributed by atoms with Gasteiger partial charge in [-0.3, -0.25) is 4.79 Å². The number of carbonyl (C=O) groups is 1. The highest BCUT2D eigenvalue weighted by molar-refractivity contribution is 7.09. The van der Waals surface area contributed by atoms with Crippen molar-refractivity contribution in [1.82, 2.24) is 10.3 Å². The Labute approximate surface area is 114 Å². The highest BCUT2D eigenvalue weighted by Crippen LogP contribution is 2.23. The van der Waals surface area contributed by atoms with Crippen LogP contribution < -0.4 is 11.1 Å². The monoisotopic (exact) mass is 279 g/mol. The number of nitrogens with zero attached hydrogens (tertiary/aromatic N) is 1. The van der Waals surface area contributed by atoms with Crippen molar-refractivity contribution in [2.45, 2.75) is 19.4 Å². The van der Waals surface area contributed by atoms with Crippen LogP contribution in [0.3, 0.4) is 0 Å². The summed E-state index contributed by atoms with van der Waals surface area (Å²) >= 11 is 1.45. The minimum Gasteiger partial charge on any atom is -0.399 e. The molecule has 2 rings (SSSR count). The molecular weight excluding hydrogens is 265 g/mol. The van der Waals surface area contributed by atoms with Crippen molar-refractivity contribution in [1.29, 1.82) is 0 Å². The quantitative estimate of drug-likeness (QED) is 0.848. The SMILES string of the molecule is CC(C)(NC(=O)c1cc(N)cc(F)c1)c1nccs1. The molecule has 0 saturated heterocycles. The summed E-state index contributed by atoms with van der Waals surface area (Å²) < 4.78 is 13.2. The van der Waals surface area contributed by atoms with Gasteiger partial charge in [0.25, 0.3) is 5.91 Å². The van der Waals surface area contributed by atoms with E-state index in [4.69, 9.17) is 5.73 Å². The van der Waals surface area contributed by atoms with E-state index in [-0.39, 0.29) is 17.2 Å². The molecule has 100 valence electrons. The molecule has 0 aliphatic carbocycles. The zero-order valence-electron chi connectivity index (χ0n) is 10.6. The summed E-state index contributed by atoms with van der Waals surface area (Å²) in [6.45, 7) is 3.68. The predicted octanol–water partition coefficient (Wildman–Crippen LogP) is 2.53. The van der Waals surface area contributed by atoms with E-state index in [1.54, 1.807) is 6.20 Å². The number of benzene rings is 1. The Morgan fingerprint density at radius 1 is 1.42 bits per heavy atom. The molecule has 0 aliphatic rings. The van der Waals surface area contributed by atoms with Crippen LogP contribution in [-0.2, 0) is 5.54 Å². The Hall–Kier alpha value is -1.95. The second-order valence-corrected chi connectivity index (χ2v) is 5.58. The minimum absolute atomic E-state index is 0.196. The van der Waals surface area contributed by atoms with Gasteiger partial charge in [-0.2, -0.15) is 0 Å². The van der Waals surface area contributed by atoms with Crippen LogP contribution in [0.2, 0.25) is 0 Å². The molecule has 0 fully saturated rings. The molecule has 0 saturated carbocycles. The van der Waals surface area contributed by atoms with Crippen molar-refractivity contribution in [3.8, 4) is 0 Å². The number of nitrogens with two attached hydrogens (primary N) is 1. The molecule has 0 bridgehead atoms. The van der Waals surface area contributed by atoms with E-state index >= 15 is 0 Å². The van der Waals surface area contributed by atoms with Gasteiger partial charge >= 0.3 is 0 Å². The fourth-order valence-corrected chi connectivity index (χ4v) is 2.40. The van der Waals surface area contributed by atoms with Gasteiger partial charge in [0, 0.05) is 22.8 Å². The van der Waals surface area contributed by atoms with Crippen LogP contribution in [0.1, 0.15) is 29.2 Å². The highest BCUT2D eigenvalue weighted by Gasteiger charge is 2.26. The van der Waals surface area contributed by atoms with Gasteiger partial charge in [0.1, 0.15) is 10.8 Å². The average molecular weight is 279 g/mol. The topological polar surface area (TPSA) is 68.0 Å². The number of rotatable bonds is 3. The number of anilines is 1. The van der Waals surface area contributed by atoms with E-state index in [0.29, 0.717) is 0 Å². The molecule has 19 heavy (non-hydrogen) atoms. The molecule has 4 nitrogen and oxygen atoms in total. The summed E-state index contributed by atoms with van der Waals surface area (Å²) in [5, 5.41) is 5.44. The smallest absolute Gasteiger partial charge is 0.252 e. The van der Waals surface area contributed by atoms with Crippen molar-refractivity contribution < 1.29 is 9.18 Å². The van der Waals surface area contributed by atoms with Crippen molar-refractivity contribution in [2.24, 2.45) is 0 Å². The van der Waals surface area contributed by atoms with Crippen molar-refractivity contribution in [3.05, 3.63) is 46.2 Å². The summed E-state index contributed by atoms with van der Waals surface area (Å²) in [7, 11) is 0. The molecule has 0 unspecified atom stereocenters. The Morgan fingerprint density at radius 2 is 2.16 bits per heavy atom. The first-order valence-corrected chi connectivity index (χ1v) is 6.55. The molecule has 1 aromatic carbocycles. The molecule has 1 amide bonds. The minimum atomic E-state index is -0.619. The average Bonchev–Trinajstić information content (AvgIpc) is 2.80. The molecule has 3 N–H and O–H groups in total. The molecule has 2 aromatic rings. The van der Waals surface area contributed by atoms with E-state index in [2.05, 4.69) is 10.3 Å². The summed E-state index contributed by atoms with van der Waals surface area (Å²) in [5.74, 6) is -0.913. The fourth-order valence-electron chi connectivity index (χ4n) is 1.69. The van der Waals surface area contributed by atoms with E-state index in [9.17, 15) is 9.18 Å². The van der Waals surface area contributed by atoms with Crippen LogP contribution >= 0.6 is 11.3 Å². The molecule has 1 heterocycles. The maximum atomic E-state index is 13.2. The van der Waals surface area contributed by atoms with Crippen molar-refractivity contribution >= 4 is 22.9 Å². The lowest BCUT2D eigenvalue weighted by molar-refractivity contribution is 0.0911. The molecule has 0 atom stereocenters. The number of aromatic nitrogens is 1. The number of thiazole rings is 1. The van der Waals surface area contributed by atoms with Gasteiger partial charge in [0.15, 0.2) is 0 Å². The standard InChI is InChI=1S/C13H14FN3OS/c1-13(2,12-16-3-4-19-12)17-11(18)8-5-9(14)7-10(15)6-8/h3-7H,15H2,1-2H3,(H,17,18). The summed E-state index contributed by atoms with van der Waals surface area (Å²) in [4.78, 5) is 16.3. The van der Waals surface area contributed by atoms with Crippen LogP contribution in [0.5, 0.6) is 0 Å². The fraction of sp³-hybridized carbons (Fsp3) is 0.231. The number of halogens is 1. The maximum absolute atomic E-state index is 13.2. The summed E-state index contributed by atoms with van der Waals surface area (Å²) in [6, 6.07) is 3.77. The zero-order chi connectivity index (χ0) is 14.0. The predicted molar refractivity (Wildman–Crippen MR) is 73.4 cm³/mol. The first kappa shape index (κ1) is 13.5. The summed E-state index contributed by atoms with van der Waals surface area (Å²) in [5.41, 5.74) is 5.32. The van der Waals surface area contributed by atoms with Crippen LogP contribution in [-0.4, -0.2) is 10.9 Å². The Bertz CT molecular complexity index is 576. The lowest BCUT2D eigenvalue weighted by Gasteiger charge is -2.23. The maximum Gasteiger partial charge on any atom is 0.252 e. The molecule has 0 spiro atoms. The lowest BCUT2D eigenvalue weighted by atomic mass is 10.1. The molecule has 1 aromatic heterocycles. The number of hydrogen-bond acceptors (Lipinski definition) is 4. The number of carbonyl (C=O) groups excluding carboxylic acids is 1. The zero-order valence-corrected chi connectivity index (χ0v) is 11.4. The Kier molecular flexibility index (Phi) is 3.53. The van der Waals surface area contributed by atoms with E-state index in [1.807, 2.05) is 19.2 Å². The van der Waals surface area contributed by atoms with Crippen LogP contribution in [0.25, 0.3) is 0 Å². The Morgan fingerprint density at radius 3 is 2.74 bits per heavy atom. The number of nitrogens with one attached hydrogen (secondary N) is 1.